The fourth-order valence-corrected chi connectivity index (χ4v) is 2.07. The van der Waals surface area contributed by atoms with Crippen molar-refractivity contribution in [3.63, 3.8) is 0 Å². The van der Waals surface area contributed by atoms with Crippen molar-refractivity contribution in [3.05, 3.63) is 40.0 Å². The fourth-order valence-electron chi connectivity index (χ4n) is 1.57. The Morgan fingerprint density at radius 2 is 1.83 bits per heavy atom. The number of nitrogens with zero attached hydrogens (tertiary/aromatic N) is 2. The van der Waals surface area contributed by atoms with E-state index in [9.17, 15) is 0 Å². The molecule has 0 aliphatic carbocycles. The second-order valence-electron chi connectivity index (χ2n) is 4.32. The van der Waals surface area contributed by atoms with Crippen LogP contribution in [0.5, 0.6) is 0 Å². The Morgan fingerprint density at radius 3 is 2.44 bits per heavy atom. The van der Waals surface area contributed by atoms with E-state index in [1.54, 1.807) is 24.3 Å². The molecule has 0 radical (unpaired) electrons. The van der Waals surface area contributed by atoms with Gasteiger partial charge in [-0.15, -0.1) is 0 Å². The molecule has 0 amide bonds. The number of benzene rings is 1. The van der Waals surface area contributed by atoms with Gasteiger partial charge in [0.1, 0.15) is 5.82 Å². The lowest BCUT2D eigenvalue weighted by atomic mass is 10.1. The third-order valence-corrected chi connectivity index (χ3v) is 3.08. The van der Waals surface area contributed by atoms with E-state index in [0.29, 0.717) is 21.7 Å². The van der Waals surface area contributed by atoms with Gasteiger partial charge in [-0.1, -0.05) is 37.0 Å². The summed E-state index contributed by atoms with van der Waals surface area (Å²) >= 11 is 12.0. The van der Waals surface area contributed by atoms with Gasteiger partial charge in [0.15, 0.2) is 5.82 Å². The molecule has 0 aliphatic heterocycles. The quantitative estimate of drug-likeness (QED) is 0.899. The number of rotatable bonds is 2. The Morgan fingerprint density at radius 1 is 1.11 bits per heavy atom. The number of halogens is 2. The van der Waals surface area contributed by atoms with E-state index in [1.807, 2.05) is 0 Å². The van der Waals surface area contributed by atoms with E-state index >= 15 is 0 Å². The summed E-state index contributed by atoms with van der Waals surface area (Å²) in [6, 6.07) is 6.99. The maximum absolute atomic E-state index is 6.14. The summed E-state index contributed by atoms with van der Waals surface area (Å²) in [5.74, 6) is 1.25. The maximum atomic E-state index is 6.14. The molecular formula is C13H13Cl2N3. The van der Waals surface area contributed by atoms with E-state index in [1.165, 1.54) is 0 Å². The molecule has 3 nitrogen and oxygen atoms in total. The second kappa shape index (κ2) is 5.12. The molecule has 0 unspecified atom stereocenters. The number of anilines is 1. The third-order valence-electron chi connectivity index (χ3n) is 2.53. The molecular weight excluding hydrogens is 269 g/mol. The fraction of sp³-hybridized carbons (Fsp3) is 0.231. The van der Waals surface area contributed by atoms with Crippen LogP contribution in [0.2, 0.25) is 10.0 Å². The van der Waals surface area contributed by atoms with Crippen LogP contribution < -0.4 is 5.73 Å². The van der Waals surface area contributed by atoms with Crippen LogP contribution in [0, 0.1) is 0 Å². The molecule has 1 aromatic heterocycles. The molecule has 0 spiro atoms. The average molecular weight is 282 g/mol. The average Bonchev–Trinajstić information content (AvgIpc) is 2.27. The second-order valence-corrected chi connectivity index (χ2v) is 5.16. The zero-order valence-corrected chi connectivity index (χ0v) is 11.6. The highest BCUT2D eigenvalue weighted by atomic mass is 35.5. The molecule has 0 bridgehead atoms. The number of hydrogen-bond acceptors (Lipinski definition) is 3. The van der Waals surface area contributed by atoms with E-state index in [4.69, 9.17) is 28.9 Å². The van der Waals surface area contributed by atoms with Crippen LogP contribution in [0.4, 0.5) is 5.82 Å². The zero-order valence-electron chi connectivity index (χ0n) is 10.1. The van der Waals surface area contributed by atoms with E-state index in [-0.39, 0.29) is 5.92 Å². The highest BCUT2D eigenvalue weighted by molar-refractivity contribution is 6.36. The minimum atomic E-state index is 0.278. The van der Waals surface area contributed by atoms with Crippen molar-refractivity contribution >= 4 is 29.0 Å². The highest BCUT2D eigenvalue weighted by Crippen LogP contribution is 2.29. The van der Waals surface area contributed by atoms with Gasteiger partial charge in [-0.3, -0.25) is 0 Å². The molecule has 2 N–H and O–H groups in total. The molecule has 0 saturated heterocycles. The Balaban J connectivity index is 2.56. The van der Waals surface area contributed by atoms with Gasteiger partial charge in [-0.2, -0.15) is 0 Å². The van der Waals surface area contributed by atoms with Crippen LogP contribution in [0.1, 0.15) is 25.5 Å². The van der Waals surface area contributed by atoms with Crippen molar-refractivity contribution in [2.45, 2.75) is 19.8 Å². The lowest BCUT2D eigenvalue weighted by Gasteiger charge is -2.09. The van der Waals surface area contributed by atoms with Gasteiger partial charge in [0.25, 0.3) is 0 Å². The van der Waals surface area contributed by atoms with Crippen molar-refractivity contribution in [3.8, 4) is 11.4 Å². The summed E-state index contributed by atoms with van der Waals surface area (Å²) in [6.07, 6.45) is 0. The van der Waals surface area contributed by atoms with Crippen LogP contribution in [-0.2, 0) is 0 Å². The summed E-state index contributed by atoms with van der Waals surface area (Å²) in [7, 11) is 0. The molecule has 0 fully saturated rings. The van der Waals surface area contributed by atoms with Crippen LogP contribution in [0.25, 0.3) is 11.4 Å². The topological polar surface area (TPSA) is 51.8 Å². The molecule has 94 valence electrons. The smallest absolute Gasteiger partial charge is 0.163 e. The highest BCUT2D eigenvalue weighted by Gasteiger charge is 2.11. The normalized spacial score (nSPS) is 10.9. The SMILES string of the molecule is CC(C)c1cc(N)nc(-c2ccc(Cl)cc2Cl)n1. The molecule has 0 atom stereocenters. The Bertz CT molecular complexity index is 582. The number of nitrogens with two attached hydrogens (primary N) is 1. The monoisotopic (exact) mass is 281 g/mol. The van der Waals surface area contributed by atoms with Crippen molar-refractivity contribution in [2.75, 3.05) is 5.73 Å². The van der Waals surface area contributed by atoms with Gasteiger partial charge in [-0.05, 0) is 24.1 Å². The molecule has 0 saturated carbocycles. The van der Waals surface area contributed by atoms with Crippen LogP contribution >= 0.6 is 23.2 Å². The summed E-state index contributed by atoms with van der Waals surface area (Å²) in [4.78, 5) is 8.69. The van der Waals surface area contributed by atoms with E-state index in [2.05, 4.69) is 23.8 Å². The van der Waals surface area contributed by atoms with E-state index in [0.717, 1.165) is 11.3 Å². The molecule has 1 aromatic carbocycles. The van der Waals surface area contributed by atoms with Crippen molar-refractivity contribution in [1.29, 1.82) is 0 Å². The van der Waals surface area contributed by atoms with Gasteiger partial charge in [0, 0.05) is 22.3 Å². The third kappa shape index (κ3) is 2.74. The minimum Gasteiger partial charge on any atom is -0.384 e. The van der Waals surface area contributed by atoms with E-state index < -0.39 is 0 Å². The molecule has 2 aromatic rings. The lowest BCUT2D eigenvalue weighted by molar-refractivity contribution is 0.818. The Hall–Kier alpha value is -1.32. The summed E-state index contributed by atoms with van der Waals surface area (Å²) < 4.78 is 0. The van der Waals surface area contributed by atoms with Crippen molar-refractivity contribution in [1.82, 2.24) is 9.97 Å². The van der Waals surface area contributed by atoms with Gasteiger partial charge in [-0.25, -0.2) is 9.97 Å². The van der Waals surface area contributed by atoms with Crippen LogP contribution in [0.15, 0.2) is 24.3 Å². The van der Waals surface area contributed by atoms with Gasteiger partial charge in [0.05, 0.1) is 5.02 Å². The molecule has 18 heavy (non-hydrogen) atoms. The van der Waals surface area contributed by atoms with Gasteiger partial charge < -0.3 is 5.73 Å². The summed E-state index contributed by atoms with van der Waals surface area (Å²) in [5.41, 5.74) is 7.42. The minimum absolute atomic E-state index is 0.278. The summed E-state index contributed by atoms with van der Waals surface area (Å²) in [6.45, 7) is 4.10. The maximum Gasteiger partial charge on any atom is 0.163 e. The largest absolute Gasteiger partial charge is 0.384 e. The number of aromatic nitrogens is 2. The van der Waals surface area contributed by atoms with Crippen molar-refractivity contribution in [2.24, 2.45) is 0 Å². The first-order valence-electron chi connectivity index (χ1n) is 5.57. The Kier molecular flexibility index (Phi) is 3.73. The van der Waals surface area contributed by atoms with Crippen LogP contribution in [0.3, 0.4) is 0 Å². The lowest BCUT2D eigenvalue weighted by Crippen LogP contribution is -2.02. The first kappa shape index (κ1) is 13.1. The van der Waals surface area contributed by atoms with Gasteiger partial charge in [0.2, 0.25) is 0 Å². The number of nitrogen functional groups attached to an aromatic ring is 1. The number of hydrogen-bond donors (Lipinski definition) is 1. The molecule has 1 heterocycles. The van der Waals surface area contributed by atoms with Crippen LogP contribution in [-0.4, -0.2) is 9.97 Å². The predicted octanol–water partition coefficient (Wildman–Crippen LogP) is 4.16. The standard InChI is InChI=1S/C13H13Cl2N3/c1-7(2)11-6-12(16)18-13(17-11)9-4-3-8(14)5-10(9)15/h3-7H,1-2H3,(H2,16,17,18). The molecule has 0 aliphatic rings. The van der Waals surface area contributed by atoms with Crippen molar-refractivity contribution < 1.29 is 0 Å². The zero-order chi connectivity index (χ0) is 13.3. The molecule has 2 rings (SSSR count). The summed E-state index contributed by atoms with van der Waals surface area (Å²) in [5, 5.41) is 1.10. The first-order chi connectivity index (χ1) is 8.47. The Labute approximate surface area is 116 Å². The molecule has 5 heteroatoms. The predicted molar refractivity (Wildman–Crippen MR) is 76.0 cm³/mol. The van der Waals surface area contributed by atoms with Gasteiger partial charge >= 0.3 is 0 Å². The first-order valence-corrected chi connectivity index (χ1v) is 6.33.